The summed E-state index contributed by atoms with van der Waals surface area (Å²) in [6, 6.07) is 12.3. The number of nitrogens with zero attached hydrogens (tertiary/aromatic N) is 2. The Kier molecular flexibility index (Phi) is 7.21. The zero-order valence-corrected chi connectivity index (χ0v) is 20.7. The van der Waals surface area contributed by atoms with Crippen LogP contribution in [0.25, 0.3) is 0 Å². The molecular formula is C26H34FN3O4. The van der Waals surface area contributed by atoms with E-state index < -0.39 is 23.5 Å². The topological polar surface area (TPSA) is 82.1 Å². The van der Waals surface area contributed by atoms with Crippen molar-refractivity contribution in [3.63, 3.8) is 0 Å². The molecule has 0 atom stereocenters. The summed E-state index contributed by atoms with van der Waals surface area (Å²) in [6.45, 7) is 11.7. The number of carbonyl (C=O) groups is 2. The number of rotatable bonds is 5. The molecule has 184 valence electrons. The Labute approximate surface area is 200 Å². The van der Waals surface area contributed by atoms with Gasteiger partial charge in [0.15, 0.2) is 0 Å². The summed E-state index contributed by atoms with van der Waals surface area (Å²) in [5.41, 5.74) is 1.91. The van der Waals surface area contributed by atoms with E-state index in [9.17, 15) is 19.2 Å². The van der Waals surface area contributed by atoms with E-state index >= 15 is 0 Å². The Bertz CT molecular complexity index is 1040. The van der Waals surface area contributed by atoms with E-state index in [1.807, 2.05) is 26.8 Å². The van der Waals surface area contributed by atoms with Crippen molar-refractivity contribution in [1.82, 2.24) is 9.96 Å². The Hall–Kier alpha value is -3.13. The van der Waals surface area contributed by atoms with E-state index in [0.717, 1.165) is 11.3 Å². The highest BCUT2D eigenvalue weighted by Crippen LogP contribution is 2.28. The maximum Gasteiger partial charge on any atom is 0.410 e. The lowest BCUT2D eigenvalue weighted by Gasteiger charge is -2.39. The van der Waals surface area contributed by atoms with Crippen molar-refractivity contribution in [3.8, 4) is 0 Å². The molecule has 7 nitrogen and oxygen atoms in total. The van der Waals surface area contributed by atoms with Crippen LogP contribution in [0.1, 0.15) is 52.7 Å². The van der Waals surface area contributed by atoms with Crippen molar-refractivity contribution < 1.29 is 23.9 Å². The first-order valence-corrected chi connectivity index (χ1v) is 11.4. The SMILES string of the molecule is CC(C)(C)OC(=O)N1CC(C(=O)N(O)Cc2ccc(Nc3ccc(C(C)(C)C)c(F)c3)cc2)C1. The summed E-state index contributed by atoms with van der Waals surface area (Å²) < 4.78 is 19.7. The summed E-state index contributed by atoms with van der Waals surface area (Å²) in [7, 11) is 0. The largest absolute Gasteiger partial charge is 0.444 e. The summed E-state index contributed by atoms with van der Waals surface area (Å²) in [6.07, 6.45) is -0.461. The molecule has 2 N–H and O–H groups in total. The van der Waals surface area contributed by atoms with E-state index in [-0.39, 0.29) is 30.9 Å². The number of amides is 2. The van der Waals surface area contributed by atoms with Crippen LogP contribution < -0.4 is 5.32 Å². The van der Waals surface area contributed by atoms with Crippen LogP contribution in [0, 0.1) is 11.7 Å². The predicted molar refractivity (Wildman–Crippen MR) is 128 cm³/mol. The van der Waals surface area contributed by atoms with Crippen molar-refractivity contribution in [1.29, 1.82) is 0 Å². The zero-order chi connectivity index (χ0) is 25.3. The zero-order valence-electron chi connectivity index (χ0n) is 20.7. The van der Waals surface area contributed by atoms with Crippen LogP contribution in [-0.2, 0) is 21.5 Å². The fourth-order valence-electron chi connectivity index (χ4n) is 3.63. The molecule has 1 saturated heterocycles. The second kappa shape index (κ2) is 9.62. The third kappa shape index (κ3) is 6.47. The van der Waals surface area contributed by atoms with E-state index in [1.54, 1.807) is 51.1 Å². The molecule has 1 fully saturated rings. The molecule has 0 spiro atoms. The van der Waals surface area contributed by atoms with Crippen molar-refractivity contribution >= 4 is 23.4 Å². The molecule has 0 radical (unpaired) electrons. The highest BCUT2D eigenvalue weighted by Gasteiger charge is 2.39. The summed E-state index contributed by atoms with van der Waals surface area (Å²) in [4.78, 5) is 25.9. The summed E-state index contributed by atoms with van der Waals surface area (Å²) in [5.74, 6) is -1.15. The van der Waals surface area contributed by atoms with Crippen LogP contribution >= 0.6 is 0 Å². The number of halogens is 1. The Morgan fingerprint density at radius 2 is 1.65 bits per heavy atom. The quantitative estimate of drug-likeness (QED) is 0.448. The van der Waals surface area contributed by atoms with Gasteiger partial charge in [0, 0.05) is 24.5 Å². The number of hydrogen-bond donors (Lipinski definition) is 2. The highest BCUT2D eigenvalue weighted by molar-refractivity contribution is 5.81. The molecule has 8 heteroatoms. The number of carbonyl (C=O) groups excluding carboxylic acids is 2. The van der Waals surface area contributed by atoms with Gasteiger partial charge in [-0.2, -0.15) is 0 Å². The summed E-state index contributed by atoms with van der Waals surface area (Å²) >= 11 is 0. The standard InChI is InChI=1S/C26H34FN3O4/c1-25(2,3)21-12-11-20(13-22(21)27)28-19-9-7-17(8-10-19)14-30(33)23(31)18-15-29(16-18)24(32)34-26(4,5)6/h7-13,18,28,33H,14-16H2,1-6H3. The smallest absolute Gasteiger partial charge is 0.410 e. The van der Waals surface area contributed by atoms with Crippen molar-refractivity contribution in [2.45, 2.75) is 59.1 Å². The molecule has 1 heterocycles. The van der Waals surface area contributed by atoms with Crippen LogP contribution in [-0.4, -0.2) is 45.9 Å². The van der Waals surface area contributed by atoms with E-state index in [1.165, 1.54) is 11.0 Å². The lowest BCUT2D eigenvalue weighted by Crippen LogP contribution is -2.56. The lowest BCUT2D eigenvalue weighted by molar-refractivity contribution is -0.177. The molecule has 0 aliphatic carbocycles. The van der Waals surface area contributed by atoms with Crippen LogP contribution in [0.4, 0.5) is 20.6 Å². The molecule has 0 saturated carbocycles. The number of ether oxygens (including phenoxy) is 1. The Morgan fingerprint density at radius 3 is 2.18 bits per heavy atom. The number of benzene rings is 2. The second-order valence-corrected chi connectivity index (χ2v) is 10.7. The Morgan fingerprint density at radius 1 is 1.06 bits per heavy atom. The van der Waals surface area contributed by atoms with Gasteiger partial charge in [-0.3, -0.25) is 10.0 Å². The van der Waals surface area contributed by atoms with Gasteiger partial charge in [0.25, 0.3) is 5.91 Å². The third-order valence-corrected chi connectivity index (χ3v) is 5.49. The van der Waals surface area contributed by atoms with Gasteiger partial charge in [0.1, 0.15) is 11.4 Å². The average molecular weight is 472 g/mol. The van der Waals surface area contributed by atoms with E-state index in [4.69, 9.17) is 4.74 Å². The Balaban J connectivity index is 1.51. The van der Waals surface area contributed by atoms with Gasteiger partial charge in [0.2, 0.25) is 0 Å². The van der Waals surface area contributed by atoms with Crippen LogP contribution in [0.15, 0.2) is 42.5 Å². The third-order valence-electron chi connectivity index (χ3n) is 5.49. The second-order valence-electron chi connectivity index (χ2n) is 10.7. The first kappa shape index (κ1) is 25.5. The maximum atomic E-state index is 14.4. The number of hydroxylamine groups is 2. The molecule has 1 aliphatic heterocycles. The molecule has 2 aromatic carbocycles. The molecule has 1 aliphatic rings. The molecule has 34 heavy (non-hydrogen) atoms. The minimum Gasteiger partial charge on any atom is -0.444 e. The molecule has 3 rings (SSSR count). The number of nitrogens with one attached hydrogen (secondary N) is 1. The first-order valence-electron chi connectivity index (χ1n) is 11.4. The van der Waals surface area contributed by atoms with Crippen LogP contribution in [0.2, 0.25) is 0 Å². The normalized spacial score (nSPS) is 14.4. The minimum absolute atomic E-state index is 0.0248. The van der Waals surface area contributed by atoms with Gasteiger partial charge in [0.05, 0.1) is 12.5 Å². The molecule has 0 bridgehead atoms. The van der Waals surface area contributed by atoms with Gasteiger partial charge >= 0.3 is 6.09 Å². The fourth-order valence-corrected chi connectivity index (χ4v) is 3.63. The van der Waals surface area contributed by atoms with Crippen LogP contribution in [0.5, 0.6) is 0 Å². The van der Waals surface area contributed by atoms with Crippen molar-refractivity contribution in [3.05, 3.63) is 59.4 Å². The fraction of sp³-hybridized carbons (Fsp3) is 0.462. The molecule has 0 unspecified atom stereocenters. The predicted octanol–water partition coefficient (Wildman–Crippen LogP) is 5.45. The highest BCUT2D eigenvalue weighted by atomic mass is 19.1. The lowest BCUT2D eigenvalue weighted by atomic mass is 9.86. The van der Waals surface area contributed by atoms with E-state index in [2.05, 4.69) is 5.32 Å². The molecule has 2 aromatic rings. The van der Waals surface area contributed by atoms with Gasteiger partial charge in [-0.05, 0) is 61.6 Å². The molecule has 2 amide bonds. The van der Waals surface area contributed by atoms with Gasteiger partial charge in [-0.1, -0.05) is 39.0 Å². The van der Waals surface area contributed by atoms with Gasteiger partial charge in [-0.25, -0.2) is 14.2 Å². The van der Waals surface area contributed by atoms with Crippen molar-refractivity contribution in [2.75, 3.05) is 18.4 Å². The first-order chi connectivity index (χ1) is 15.7. The molecular weight excluding hydrogens is 437 g/mol. The summed E-state index contributed by atoms with van der Waals surface area (Å²) in [5, 5.41) is 14.1. The number of likely N-dealkylation sites (tertiary alicyclic amines) is 1. The van der Waals surface area contributed by atoms with Crippen LogP contribution in [0.3, 0.4) is 0 Å². The minimum atomic E-state index is -0.597. The van der Waals surface area contributed by atoms with E-state index in [0.29, 0.717) is 16.3 Å². The maximum absolute atomic E-state index is 14.4. The number of anilines is 2. The van der Waals surface area contributed by atoms with Gasteiger partial charge in [-0.15, -0.1) is 0 Å². The average Bonchev–Trinajstić information content (AvgIpc) is 2.66. The molecule has 0 aromatic heterocycles. The number of hydrogen-bond acceptors (Lipinski definition) is 5. The van der Waals surface area contributed by atoms with Crippen molar-refractivity contribution in [2.24, 2.45) is 5.92 Å². The van der Waals surface area contributed by atoms with Gasteiger partial charge < -0.3 is 15.0 Å². The monoisotopic (exact) mass is 471 g/mol.